The lowest BCUT2D eigenvalue weighted by Gasteiger charge is -2.31. The molecule has 1 unspecified atom stereocenters. The van der Waals surface area contributed by atoms with Crippen molar-refractivity contribution in [1.29, 1.82) is 0 Å². The molecule has 1 aromatic rings. The molecule has 1 atom stereocenters. The Labute approximate surface area is 120 Å². The predicted molar refractivity (Wildman–Crippen MR) is 80.1 cm³/mol. The lowest BCUT2D eigenvalue weighted by atomic mass is 10.0. The number of fused-ring (bicyclic) bond motifs is 1. The van der Waals surface area contributed by atoms with Crippen molar-refractivity contribution in [1.82, 2.24) is 4.90 Å². The zero-order valence-electron chi connectivity index (χ0n) is 12.0. The Morgan fingerprint density at radius 1 is 1.10 bits per heavy atom. The number of hydrogen-bond acceptors (Lipinski definition) is 4. The maximum absolute atomic E-state index is 10.2. The van der Waals surface area contributed by atoms with Crippen molar-refractivity contribution in [2.24, 2.45) is 0 Å². The first kappa shape index (κ1) is 13.9. The van der Waals surface area contributed by atoms with E-state index in [2.05, 4.69) is 28.0 Å². The molecule has 1 fully saturated rings. The van der Waals surface area contributed by atoms with Crippen LogP contribution in [-0.4, -0.2) is 55.9 Å². The first-order chi connectivity index (χ1) is 9.84. The number of hydrogen-bond donors (Lipinski definition) is 1. The summed E-state index contributed by atoms with van der Waals surface area (Å²) in [6.45, 7) is 6.94. The van der Waals surface area contributed by atoms with Crippen LogP contribution in [0.2, 0.25) is 0 Å². The Balaban J connectivity index is 1.67. The quantitative estimate of drug-likeness (QED) is 0.911. The number of para-hydroxylation sites is 1. The van der Waals surface area contributed by atoms with Gasteiger partial charge in [-0.05, 0) is 18.9 Å². The van der Waals surface area contributed by atoms with Gasteiger partial charge in [0.05, 0.1) is 19.3 Å². The largest absolute Gasteiger partial charge is 0.388 e. The van der Waals surface area contributed by atoms with E-state index in [9.17, 15) is 5.11 Å². The van der Waals surface area contributed by atoms with E-state index in [-0.39, 0.29) is 6.10 Å². The van der Waals surface area contributed by atoms with Gasteiger partial charge in [-0.1, -0.05) is 18.2 Å². The first-order valence-corrected chi connectivity index (χ1v) is 7.66. The normalized spacial score (nSPS) is 24.2. The van der Waals surface area contributed by atoms with Crippen molar-refractivity contribution < 1.29 is 9.84 Å². The van der Waals surface area contributed by atoms with Gasteiger partial charge in [0.1, 0.15) is 0 Å². The molecule has 3 rings (SSSR count). The van der Waals surface area contributed by atoms with Crippen LogP contribution >= 0.6 is 0 Å². The van der Waals surface area contributed by atoms with E-state index >= 15 is 0 Å². The molecule has 20 heavy (non-hydrogen) atoms. The fraction of sp³-hybridized carbons (Fsp3) is 0.625. The molecule has 4 heteroatoms. The summed E-state index contributed by atoms with van der Waals surface area (Å²) in [4.78, 5) is 4.90. The van der Waals surface area contributed by atoms with Crippen LogP contribution in [0.1, 0.15) is 24.5 Å². The zero-order chi connectivity index (χ0) is 13.8. The number of nitrogens with zero attached hydrogens (tertiary/aromatic N) is 2. The van der Waals surface area contributed by atoms with E-state index in [0.29, 0.717) is 0 Å². The fourth-order valence-corrected chi connectivity index (χ4v) is 3.13. The predicted octanol–water partition coefficient (Wildman–Crippen LogP) is 1.65. The standard InChI is InChI=1S/C16H24N2O2/c19-16-6-3-7-18(15-5-2-1-4-14(15)16)9-8-17-10-12-20-13-11-17/h1-2,4-5,16,19H,3,6-13H2. The molecular formula is C16H24N2O2. The second kappa shape index (κ2) is 6.57. The lowest BCUT2D eigenvalue weighted by Crippen LogP contribution is -2.41. The van der Waals surface area contributed by atoms with Crippen molar-refractivity contribution in [3.05, 3.63) is 29.8 Å². The van der Waals surface area contributed by atoms with Crippen LogP contribution in [-0.2, 0) is 4.74 Å². The highest BCUT2D eigenvalue weighted by Gasteiger charge is 2.21. The summed E-state index contributed by atoms with van der Waals surface area (Å²) in [5.74, 6) is 0. The van der Waals surface area contributed by atoms with Crippen LogP contribution in [0.3, 0.4) is 0 Å². The molecule has 0 aromatic heterocycles. The number of aliphatic hydroxyl groups is 1. The number of benzene rings is 1. The topological polar surface area (TPSA) is 35.9 Å². The molecule has 0 amide bonds. The molecular weight excluding hydrogens is 252 g/mol. The van der Waals surface area contributed by atoms with Crippen molar-refractivity contribution in [2.45, 2.75) is 18.9 Å². The summed E-state index contributed by atoms with van der Waals surface area (Å²) in [5.41, 5.74) is 2.30. The molecule has 2 aliphatic rings. The van der Waals surface area contributed by atoms with Gasteiger partial charge in [0.15, 0.2) is 0 Å². The number of rotatable bonds is 3. The van der Waals surface area contributed by atoms with Gasteiger partial charge < -0.3 is 14.7 Å². The molecule has 4 nitrogen and oxygen atoms in total. The minimum atomic E-state index is -0.306. The highest BCUT2D eigenvalue weighted by atomic mass is 16.5. The van der Waals surface area contributed by atoms with Gasteiger partial charge in [-0.3, -0.25) is 4.90 Å². The summed E-state index contributed by atoms with van der Waals surface area (Å²) in [6.07, 6.45) is 1.61. The lowest BCUT2D eigenvalue weighted by molar-refractivity contribution is 0.0392. The molecule has 0 bridgehead atoms. The van der Waals surface area contributed by atoms with Gasteiger partial charge in [0, 0.05) is 44.0 Å². The Kier molecular flexibility index (Phi) is 4.55. The van der Waals surface area contributed by atoms with Gasteiger partial charge in [0.2, 0.25) is 0 Å². The van der Waals surface area contributed by atoms with Crippen LogP contribution in [0.25, 0.3) is 0 Å². The summed E-state index contributed by atoms with van der Waals surface area (Å²) in [7, 11) is 0. The van der Waals surface area contributed by atoms with Crippen LogP contribution < -0.4 is 4.90 Å². The molecule has 1 saturated heterocycles. The van der Waals surface area contributed by atoms with E-state index in [4.69, 9.17) is 4.74 Å². The molecule has 2 aliphatic heterocycles. The van der Waals surface area contributed by atoms with E-state index in [1.807, 2.05) is 6.07 Å². The smallest absolute Gasteiger partial charge is 0.0810 e. The third-order valence-corrected chi connectivity index (χ3v) is 4.33. The van der Waals surface area contributed by atoms with E-state index < -0.39 is 0 Å². The van der Waals surface area contributed by atoms with Crippen molar-refractivity contribution in [3.63, 3.8) is 0 Å². The highest BCUT2D eigenvalue weighted by Crippen LogP contribution is 2.32. The number of morpholine rings is 1. The van der Waals surface area contributed by atoms with Crippen molar-refractivity contribution in [2.75, 3.05) is 50.8 Å². The highest BCUT2D eigenvalue weighted by molar-refractivity contribution is 5.55. The fourth-order valence-electron chi connectivity index (χ4n) is 3.13. The zero-order valence-corrected chi connectivity index (χ0v) is 12.0. The van der Waals surface area contributed by atoms with E-state index in [0.717, 1.165) is 64.3 Å². The van der Waals surface area contributed by atoms with E-state index in [1.54, 1.807) is 0 Å². The van der Waals surface area contributed by atoms with Gasteiger partial charge in [-0.25, -0.2) is 0 Å². The second-order valence-corrected chi connectivity index (χ2v) is 5.66. The Bertz CT molecular complexity index is 432. The molecule has 1 N–H and O–H groups in total. The molecule has 0 radical (unpaired) electrons. The summed E-state index contributed by atoms with van der Waals surface area (Å²) >= 11 is 0. The van der Waals surface area contributed by atoms with Gasteiger partial charge in [-0.15, -0.1) is 0 Å². The second-order valence-electron chi connectivity index (χ2n) is 5.66. The molecule has 110 valence electrons. The first-order valence-electron chi connectivity index (χ1n) is 7.66. The number of ether oxygens (including phenoxy) is 1. The Morgan fingerprint density at radius 2 is 1.90 bits per heavy atom. The van der Waals surface area contributed by atoms with Gasteiger partial charge in [0.25, 0.3) is 0 Å². The SMILES string of the molecule is OC1CCCN(CCN2CCOCC2)c2ccccc21. The average Bonchev–Trinajstić information content (AvgIpc) is 2.66. The van der Waals surface area contributed by atoms with Crippen molar-refractivity contribution >= 4 is 5.69 Å². The number of anilines is 1. The third kappa shape index (κ3) is 3.14. The summed E-state index contributed by atoms with van der Waals surface area (Å²) < 4.78 is 5.39. The van der Waals surface area contributed by atoms with Crippen LogP contribution in [0.5, 0.6) is 0 Å². The van der Waals surface area contributed by atoms with Gasteiger partial charge >= 0.3 is 0 Å². The molecule has 0 aliphatic carbocycles. The molecule has 1 aromatic carbocycles. The maximum Gasteiger partial charge on any atom is 0.0810 e. The Hall–Kier alpha value is -1.10. The van der Waals surface area contributed by atoms with Crippen LogP contribution in [0.15, 0.2) is 24.3 Å². The van der Waals surface area contributed by atoms with E-state index in [1.165, 1.54) is 5.69 Å². The number of aliphatic hydroxyl groups excluding tert-OH is 1. The van der Waals surface area contributed by atoms with Crippen LogP contribution in [0.4, 0.5) is 5.69 Å². The monoisotopic (exact) mass is 276 g/mol. The minimum absolute atomic E-state index is 0.306. The van der Waals surface area contributed by atoms with Crippen LogP contribution in [0, 0.1) is 0 Å². The van der Waals surface area contributed by atoms with Gasteiger partial charge in [-0.2, -0.15) is 0 Å². The third-order valence-electron chi connectivity index (χ3n) is 4.33. The molecule has 0 spiro atoms. The molecule has 0 saturated carbocycles. The minimum Gasteiger partial charge on any atom is -0.388 e. The maximum atomic E-state index is 10.2. The molecule has 2 heterocycles. The Morgan fingerprint density at radius 3 is 2.75 bits per heavy atom. The summed E-state index contributed by atoms with van der Waals surface area (Å²) in [5, 5.41) is 10.2. The van der Waals surface area contributed by atoms with Crippen molar-refractivity contribution in [3.8, 4) is 0 Å². The average molecular weight is 276 g/mol. The summed E-state index contributed by atoms with van der Waals surface area (Å²) in [6, 6.07) is 8.29.